The number of ether oxygens (including phenoxy) is 1. The van der Waals surface area contributed by atoms with Gasteiger partial charge in [0.1, 0.15) is 0 Å². The minimum atomic E-state index is -0.915. The molecule has 3 N–H and O–H groups in total. The van der Waals surface area contributed by atoms with E-state index in [4.69, 9.17) is 15.6 Å². The van der Waals surface area contributed by atoms with Crippen molar-refractivity contribution in [1.29, 1.82) is 0 Å². The van der Waals surface area contributed by atoms with Crippen molar-refractivity contribution in [3.8, 4) is 0 Å². The lowest BCUT2D eigenvalue weighted by Crippen LogP contribution is -2.19. The Hall–Kier alpha value is -1.69. The van der Waals surface area contributed by atoms with E-state index in [2.05, 4.69) is 9.97 Å². The van der Waals surface area contributed by atoms with Gasteiger partial charge in [0.25, 0.3) is 0 Å². The monoisotopic (exact) mass is 209 g/mol. The van der Waals surface area contributed by atoms with Crippen LogP contribution >= 0.6 is 0 Å². The standard InChI is InChI=1S/C9H11N3O3/c10-9-11-6(3-8(13)14)5-1-2-15-4-7(5)12-9/h1-4H2,(H,13,14)(H2,10,11,12). The average molecular weight is 209 g/mol. The molecule has 15 heavy (non-hydrogen) atoms. The molecular formula is C9H11N3O3. The van der Waals surface area contributed by atoms with Gasteiger partial charge in [0.2, 0.25) is 5.95 Å². The van der Waals surface area contributed by atoms with Gasteiger partial charge in [0.15, 0.2) is 0 Å². The Morgan fingerprint density at radius 3 is 3.07 bits per heavy atom. The molecule has 2 heterocycles. The molecular weight excluding hydrogens is 198 g/mol. The number of carboxylic acids is 1. The van der Waals surface area contributed by atoms with E-state index in [9.17, 15) is 4.79 Å². The van der Waals surface area contributed by atoms with Crippen LogP contribution in [0.5, 0.6) is 0 Å². The predicted molar refractivity (Wildman–Crippen MR) is 51.1 cm³/mol. The van der Waals surface area contributed by atoms with Crippen molar-refractivity contribution in [2.75, 3.05) is 12.3 Å². The molecule has 0 radical (unpaired) electrons. The molecule has 0 bridgehead atoms. The molecule has 6 heteroatoms. The first kappa shape index (κ1) is 9.85. The molecule has 0 fully saturated rings. The molecule has 0 saturated heterocycles. The molecule has 2 rings (SSSR count). The maximum absolute atomic E-state index is 10.6. The highest BCUT2D eigenvalue weighted by atomic mass is 16.5. The molecule has 0 aliphatic carbocycles. The molecule has 1 aliphatic rings. The zero-order valence-corrected chi connectivity index (χ0v) is 8.06. The quantitative estimate of drug-likeness (QED) is 0.697. The number of nitrogens with zero attached hydrogens (tertiary/aromatic N) is 2. The number of nitrogen functional groups attached to an aromatic ring is 1. The number of carboxylic acid groups (broad SMARTS) is 1. The maximum atomic E-state index is 10.6. The van der Waals surface area contributed by atoms with Crippen LogP contribution in [0.2, 0.25) is 0 Å². The highest BCUT2D eigenvalue weighted by Crippen LogP contribution is 2.19. The fraction of sp³-hybridized carbons (Fsp3) is 0.444. The Balaban J connectivity index is 2.43. The van der Waals surface area contributed by atoms with E-state index in [1.54, 1.807) is 0 Å². The molecule has 1 aromatic rings. The molecule has 0 saturated carbocycles. The summed E-state index contributed by atoms with van der Waals surface area (Å²) in [5.41, 5.74) is 7.58. The second-order valence-corrected chi connectivity index (χ2v) is 3.33. The van der Waals surface area contributed by atoms with Crippen molar-refractivity contribution in [2.24, 2.45) is 0 Å². The number of fused-ring (bicyclic) bond motifs is 1. The van der Waals surface area contributed by atoms with Crippen molar-refractivity contribution in [3.63, 3.8) is 0 Å². The van der Waals surface area contributed by atoms with Crippen LogP contribution in [0, 0.1) is 0 Å². The highest BCUT2D eigenvalue weighted by Gasteiger charge is 2.18. The Labute approximate surface area is 86.1 Å². The molecule has 0 spiro atoms. The van der Waals surface area contributed by atoms with E-state index in [0.29, 0.717) is 31.0 Å². The molecule has 1 aromatic heterocycles. The Morgan fingerprint density at radius 2 is 2.33 bits per heavy atom. The zero-order valence-electron chi connectivity index (χ0n) is 8.06. The highest BCUT2D eigenvalue weighted by molar-refractivity contribution is 5.70. The molecule has 0 amide bonds. The minimum Gasteiger partial charge on any atom is -0.481 e. The van der Waals surface area contributed by atoms with Crippen LogP contribution < -0.4 is 5.73 Å². The topological polar surface area (TPSA) is 98.3 Å². The summed E-state index contributed by atoms with van der Waals surface area (Å²) in [6.07, 6.45) is 0.535. The number of hydrogen-bond acceptors (Lipinski definition) is 5. The molecule has 0 atom stereocenters. The fourth-order valence-corrected chi connectivity index (χ4v) is 1.64. The van der Waals surface area contributed by atoms with Gasteiger partial charge in [0.05, 0.1) is 31.0 Å². The van der Waals surface area contributed by atoms with Gasteiger partial charge in [-0.05, 0) is 6.42 Å². The van der Waals surface area contributed by atoms with Crippen molar-refractivity contribution in [1.82, 2.24) is 9.97 Å². The predicted octanol–water partition coefficient (Wildman–Crippen LogP) is -0.241. The zero-order chi connectivity index (χ0) is 10.8. The Bertz CT molecular complexity index is 406. The second kappa shape index (κ2) is 3.82. The molecule has 0 aromatic carbocycles. The largest absolute Gasteiger partial charge is 0.481 e. The van der Waals surface area contributed by atoms with Crippen LogP contribution in [0.15, 0.2) is 0 Å². The first-order chi connectivity index (χ1) is 7.16. The third-order valence-corrected chi connectivity index (χ3v) is 2.25. The number of anilines is 1. The number of aliphatic carboxylic acids is 1. The summed E-state index contributed by atoms with van der Waals surface area (Å²) in [5.74, 6) is -0.808. The second-order valence-electron chi connectivity index (χ2n) is 3.33. The number of nitrogens with two attached hydrogens (primary N) is 1. The van der Waals surface area contributed by atoms with Crippen LogP contribution in [-0.2, 0) is 29.0 Å². The van der Waals surface area contributed by atoms with Crippen molar-refractivity contribution >= 4 is 11.9 Å². The van der Waals surface area contributed by atoms with Crippen LogP contribution in [0.4, 0.5) is 5.95 Å². The van der Waals surface area contributed by atoms with E-state index < -0.39 is 5.97 Å². The summed E-state index contributed by atoms with van der Waals surface area (Å²) >= 11 is 0. The lowest BCUT2D eigenvalue weighted by Gasteiger charge is -2.17. The van der Waals surface area contributed by atoms with Gasteiger partial charge in [-0.15, -0.1) is 0 Å². The summed E-state index contributed by atoms with van der Waals surface area (Å²) in [5, 5.41) is 8.73. The van der Waals surface area contributed by atoms with Gasteiger partial charge < -0.3 is 15.6 Å². The average Bonchev–Trinajstić information content (AvgIpc) is 2.16. The Morgan fingerprint density at radius 1 is 1.53 bits per heavy atom. The first-order valence-corrected chi connectivity index (χ1v) is 4.60. The van der Waals surface area contributed by atoms with Gasteiger partial charge in [-0.3, -0.25) is 4.79 Å². The normalized spacial score (nSPS) is 14.7. The number of rotatable bonds is 2. The van der Waals surface area contributed by atoms with E-state index in [0.717, 1.165) is 5.56 Å². The summed E-state index contributed by atoms with van der Waals surface area (Å²) in [6, 6.07) is 0. The summed E-state index contributed by atoms with van der Waals surface area (Å²) in [7, 11) is 0. The smallest absolute Gasteiger partial charge is 0.309 e. The maximum Gasteiger partial charge on any atom is 0.309 e. The third-order valence-electron chi connectivity index (χ3n) is 2.25. The van der Waals surface area contributed by atoms with E-state index in [1.165, 1.54) is 0 Å². The fourth-order valence-electron chi connectivity index (χ4n) is 1.64. The van der Waals surface area contributed by atoms with Gasteiger partial charge in [-0.2, -0.15) is 0 Å². The molecule has 80 valence electrons. The van der Waals surface area contributed by atoms with Gasteiger partial charge in [0, 0.05) is 5.56 Å². The Kier molecular flexibility index (Phi) is 2.51. The summed E-state index contributed by atoms with van der Waals surface area (Å²) in [4.78, 5) is 18.6. The van der Waals surface area contributed by atoms with Crippen molar-refractivity contribution in [2.45, 2.75) is 19.4 Å². The third kappa shape index (κ3) is 2.04. The van der Waals surface area contributed by atoms with Gasteiger partial charge in [-0.1, -0.05) is 0 Å². The van der Waals surface area contributed by atoms with Crippen molar-refractivity contribution < 1.29 is 14.6 Å². The first-order valence-electron chi connectivity index (χ1n) is 4.60. The van der Waals surface area contributed by atoms with E-state index >= 15 is 0 Å². The lowest BCUT2D eigenvalue weighted by molar-refractivity contribution is -0.136. The van der Waals surface area contributed by atoms with Gasteiger partial charge in [-0.25, -0.2) is 9.97 Å². The van der Waals surface area contributed by atoms with Gasteiger partial charge >= 0.3 is 5.97 Å². The lowest BCUT2D eigenvalue weighted by atomic mass is 10.0. The molecule has 0 unspecified atom stereocenters. The van der Waals surface area contributed by atoms with Crippen LogP contribution in [0.3, 0.4) is 0 Å². The molecule has 6 nitrogen and oxygen atoms in total. The van der Waals surface area contributed by atoms with E-state index in [-0.39, 0.29) is 12.4 Å². The molecule has 1 aliphatic heterocycles. The number of carbonyl (C=O) groups is 1. The SMILES string of the molecule is Nc1nc2c(c(CC(=O)O)n1)CCOC2. The van der Waals surface area contributed by atoms with Crippen LogP contribution in [0.1, 0.15) is 17.0 Å². The number of aromatic nitrogens is 2. The van der Waals surface area contributed by atoms with Crippen molar-refractivity contribution in [3.05, 3.63) is 17.0 Å². The summed E-state index contributed by atoms with van der Waals surface area (Å²) in [6.45, 7) is 0.960. The summed E-state index contributed by atoms with van der Waals surface area (Å²) < 4.78 is 5.22. The minimum absolute atomic E-state index is 0.107. The van der Waals surface area contributed by atoms with Crippen LogP contribution in [-0.4, -0.2) is 27.7 Å². The van der Waals surface area contributed by atoms with Crippen LogP contribution in [0.25, 0.3) is 0 Å². The number of hydrogen-bond donors (Lipinski definition) is 2. The van der Waals surface area contributed by atoms with E-state index in [1.807, 2.05) is 0 Å².